The van der Waals surface area contributed by atoms with Crippen molar-refractivity contribution >= 4 is 11.5 Å². The molecule has 3 rings (SSSR count). The number of rotatable bonds is 3. The first-order chi connectivity index (χ1) is 10.1. The highest BCUT2D eigenvalue weighted by molar-refractivity contribution is 5.98. The van der Waals surface area contributed by atoms with Crippen LogP contribution < -0.4 is 4.74 Å². The number of nitro groups is 1. The predicted molar refractivity (Wildman–Crippen MR) is 76.2 cm³/mol. The summed E-state index contributed by atoms with van der Waals surface area (Å²) in [6.07, 6.45) is 3.91. The number of aromatic nitrogens is 1. The van der Waals surface area contributed by atoms with E-state index in [1.165, 1.54) is 19.2 Å². The average molecular weight is 286 g/mol. The van der Waals surface area contributed by atoms with E-state index < -0.39 is 4.92 Å². The molecule has 0 N–H and O–H groups in total. The second kappa shape index (κ2) is 5.05. The molecule has 0 saturated carbocycles. The normalized spacial score (nSPS) is 13.9. The van der Waals surface area contributed by atoms with Crippen LogP contribution >= 0.6 is 0 Å². The molecule has 0 aliphatic heterocycles. The summed E-state index contributed by atoms with van der Waals surface area (Å²) in [7, 11) is 1.52. The second-order valence-electron chi connectivity index (χ2n) is 4.94. The van der Waals surface area contributed by atoms with Crippen molar-refractivity contribution < 1.29 is 14.5 Å². The minimum atomic E-state index is -0.440. The van der Waals surface area contributed by atoms with Crippen LogP contribution in [0.4, 0.5) is 5.69 Å². The Kier molecular flexibility index (Phi) is 3.21. The van der Waals surface area contributed by atoms with Gasteiger partial charge in [-0.1, -0.05) is 0 Å². The fourth-order valence-electron chi connectivity index (χ4n) is 2.73. The lowest BCUT2D eigenvalue weighted by atomic mass is 9.96. The van der Waals surface area contributed by atoms with E-state index in [2.05, 4.69) is 0 Å². The maximum atomic E-state index is 11.9. The molecule has 0 fully saturated rings. The molecule has 6 heteroatoms. The third kappa shape index (κ3) is 2.18. The van der Waals surface area contributed by atoms with Crippen molar-refractivity contribution in [3.63, 3.8) is 0 Å². The molecule has 0 atom stereocenters. The lowest BCUT2D eigenvalue weighted by Gasteiger charge is -2.16. The highest BCUT2D eigenvalue weighted by Gasteiger charge is 2.23. The van der Waals surface area contributed by atoms with Gasteiger partial charge in [-0.2, -0.15) is 0 Å². The van der Waals surface area contributed by atoms with Crippen molar-refractivity contribution in [2.45, 2.75) is 19.3 Å². The fourth-order valence-corrected chi connectivity index (χ4v) is 2.73. The average Bonchev–Trinajstić information content (AvgIpc) is 2.91. The lowest BCUT2D eigenvalue weighted by Crippen LogP contribution is -2.12. The number of nitro benzene ring substituents is 1. The van der Waals surface area contributed by atoms with Crippen molar-refractivity contribution in [3.05, 3.63) is 51.8 Å². The number of fused-ring (bicyclic) bond motifs is 1. The molecule has 0 saturated heterocycles. The zero-order valence-electron chi connectivity index (χ0n) is 11.5. The molecule has 2 aromatic rings. The van der Waals surface area contributed by atoms with Crippen molar-refractivity contribution in [1.82, 2.24) is 4.57 Å². The first-order valence-corrected chi connectivity index (χ1v) is 6.68. The summed E-state index contributed by atoms with van der Waals surface area (Å²) >= 11 is 0. The van der Waals surface area contributed by atoms with E-state index in [1.807, 2.05) is 4.57 Å². The third-order valence-electron chi connectivity index (χ3n) is 3.74. The Morgan fingerprint density at radius 3 is 2.81 bits per heavy atom. The van der Waals surface area contributed by atoms with Gasteiger partial charge < -0.3 is 9.30 Å². The number of carbonyl (C=O) groups is 1. The van der Waals surface area contributed by atoms with E-state index in [-0.39, 0.29) is 11.5 Å². The van der Waals surface area contributed by atoms with Crippen LogP contribution in [0.1, 0.15) is 28.9 Å². The third-order valence-corrected chi connectivity index (χ3v) is 3.74. The maximum Gasteiger partial charge on any atom is 0.271 e. The van der Waals surface area contributed by atoms with Crippen LogP contribution in [-0.4, -0.2) is 22.4 Å². The Balaban J connectivity index is 2.18. The topological polar surface area (TPSA) is 74.4 Å². The number of methoxy groups -OCH3 is 1. The standard InChI is InChI=1S/C15H14N2O4/c1-21-15-6-5-10(17(19)20)9-13(15)16-8-7-11-12(16)3-2-4-14(11)18/h5-9H,2-4H2,1H3. The highest BCUT2D eigenvalue weighted by Crippen LogP contribution is 2.32. The SMILES string of the molecule is COc1ccc([N+](=O)[O-])cc1-n1ccc2c1CCCC2=O. The van der Waals surface area contributed by atoms with E-state index in [1.54, 1.807) is 18.3 Å². The molecule has 1 aliphatic carbocycles. The van der Waals surface area contributed by atoms with Gasteiger partial charge in [0.15, 0.2) is 5.78 Å². The number of nitrogens with zero attached hydrogens (tertiary/aromatic N) is 2. The van der Waals surface area contributed by atoms with Crippen LogP contribution in [0, 0.1) is 10.1 Å². The van der Waals surface area contributed by atoms with Gasteiger partial charge >= 0.3 is 0 Å². The summed E-state index contributed by atoms with van der Waals surface area (Å²) in [6.45, 7) is 0. The van der Waals surface area contributed by atoms with Gasteiger partial charge in [0.2, 0.25) is 0 Å². The van der Waals surface area contributed by atoms with Crippen LogP contribution in [0.25, 0.3) is 5.69 Å². The summed E-state index contributed by atoms with van der Waals surface area (Å²) in [4.78, 5) is 22.4. The van der Waals surface area contributed by atoms with Crippen LogP contribution in [0.2, 0.25) is 0 Å². The van der Waals surface area contributed by atoms with E-state index in [9.17, 15) is 14.9 Å². The van der Waals surface area contributed by atoms with Crippen molar-refractivity contribution in [2.24, 2.45) is 0 Å². The summed E-state index contributed by atoms with van der Waals surface area (Å²) in [5.41, 5.74) is 2.18. The second-order valence-corrected chi connectivity index (χ2v) is 4.94. The van der Waals surface area contributed by atoms with E-state index in [0.717, 1.165) is 18.5 Å². The van der Waals surface area contributed by atoms with Crippen molar-refractivity contribution in [2.75, 3.05) is 7.11 Å². The zero-order chi connectivity index (χ0) is 15.0. The van der Waals surface area contributed by atoms with Gasteiger partial charge in [-0.05, 0) is 25.0 Å². The summed E-state index contributed by atoms with van der Waals surface area (Å²) < 4.78 is 7.11. The largest absolute Gasteiger partial charge is 0.495 e. The number of ether oxygens (including phenoxy) is 1. The predicted octanol–water partition coefficient (Wildman–Crippen LogP) is 2.91. The Hall–Kier alpha value is -2.63. The summed E-state index contributed by atoms with van der Waals surface area (Å²) in [5, 5.41) is 11.0. The first-order valence-electron chi connectivity index (χ1n) is 6.68. The van der Waals surface area contributed by atoms with Gasteiger partial charge in [0.25, 0.3) is 5.69 Å². The smallest absolute Gasteiger partial charge is 0.271 e. The van der Waals surface area contributed by atoms with Crippen molar-refractivity contribution in [3.8, 4) is 11.4 Å². The highest BCUT2D eigenvalue weighted by atomic mass is 16.6. The molecule has 0 radical (unpaired) electrons. The number of hydrogen-bond acceptors (Lipinski definition) is 4. The number of ketones is 1. The van der Waals surface area contributed by atoms with Crippen LogP contribution in [-0.2, 0) is 6.42 Å². The minimum absolute atomic E-state index is 0.00427. The molecule has 108 valence electrons. The van der Waals surface area contributed by atoms with Gasteiger partial charge in [-0.25, -0.2) is 0 Å². The fraction of sp³-hybridized carbons (Fsp3) is 0.267. The molecular formula is C15H14N2O4. The Bertz CT molecular complexity index is 733. The molecule has 0 unspecified atom stereocenters. The number of carbonyl (C=O) groups excluding carboxylic acids is 1. The Morgan fingerprint density at radius 2 is 2.10 bits per heavy atom. The number of benzene rings is 1. The molecule has 1 heterocycles. The number of hydrogen-bond donors (Lipinski definition) is 0. The van der Waals surface area contributed by atoms with Crippen molar-refractivity contribution in [1.29, 1.82) is 0 Å². The van der Waals surface area contributed by atoms with Crippen LogP contribution in [0.3, 0.4) is 0 Å². The quantitative estimate of drug-likeness (QED) is 0.642. The molecule has 0 amide bonds. The molecule has 21 heavy (non-hydrogen) atoms. The number of non-ortho nitro benzene ring substituents is 1. The minimum Gasteiger partial charge on any atom is -0.495 e. The van der Waals surface area contributed by atoms with Gasteiger partial charge in [-0.3, -0.25) is 14.9 Å². The van der Waals surface area contributed by atoms with Gasteiger partial charge in [-0.15, -0.1) is 0 Å². The molecule has 1 aliphatic rings. The molecule has 1 aromatic carbocycles. The monoisotopic (exact) mass is 286 g/mol. The van der Waals surface area contributed by atoms with Crippen LogP contribution in [0.15, 0.2) is 30.5 Å². The molecular weight excluding hydrogens is 272 g/mol. The summed E-state index contributed by atoms with van der Waals surface area (Å²) in [6, 6.07) is 6.22. The Morgan fingerprint density at radius 1 is 1.29 bits per heavy atom. The van der Waals surface area contributed by atoms with Crippen LogP contribution in [0.5, 0.6) is 5.75 Å². The first kappa shape index (κ1) is 13.4. The Labute approximate surface area is 121 Å². The zero-order valence-corrected chi connectivity index (χ0v) is 11.5. The van der Waals surface area contributed by atoms with E-state index in [4.69, 9.17) is 4.74 Å². The van der Waals surface area contributed by atoms with Gasteiger partial charge in [0.1, 0.15) is 5.75 Å². The van der Waals surface area contributed by atoms with Gasteiger partial charge in [0, 0.05) is 36.0 Å². The molecule has 6 nitrogen and oxygen atoms in total. The summed E-state index contributed by atoms with van der Waals surface area (Å²) in [5.74, 6) is 0.663. The maximum absolute atomic E-state index is 11.9. The van der Waals surface area contributed by atoms with E-state index in [0.29, 0.717) is 23.4 Å². The molecule has 0 spiro atoms. The molecule has 0 bridgehead atoms. The number of Topliss-reactive ketones (excluding diaryl/α,β-unsaturated/α-hetero) is 1. The van der Waals surface area contributed by atoms with Gasteiger partial charge in [0.05, 0.1) is 17.7 Å². The lowest BCUT2D eigenvalue weighted by molar-refractivity contribution is -0.384. The van der Waals surface area contributed by atoms with E-state index >= 15 is 0 Å². The molecule has 1 aromatic heterocycles.